The van der Waals surface area contributed by atoms with Crippen LogP contribution in [0.3, 0.4) is 0 Å². The first-order valence-corrected chi connectivity index (χ1v) is 5.68. The molecule has 4 atom stereocenters. The second-order valence-electron chi connectivity index (χ2n) is 4.74. The van der Waals surface area contributed by atoms with Crippen LogP contribution in [0.1, 0.15) is 26.2 Å². The van der Waals surface area contributed by atoms with Gasteiger partial charge >= 0.3 is 11.9 Å². The van der Waals surface area contributed by atoms with Crippen molar-refractivity contribution in [3.63, 3.8) is 0 Å². The molecule has 5 nitrogen and oxygen atoms in total. The van der Waals surface area contributed by atoms with Gasteiger partial charge in [-0.3, -0.25) is 4.79 Å². The van der Waals surface area contributed by atoms with Crippen LogP contribution in [0.5, 0.6) is 0 Å². The van der Waals surface area contributed by atoms with Crippen LogP contribution in [0, 0.1) is 5.92 Å². The van der Waals surface area contributed by atoms with Crippen molar-refractivity contribution < 1.29 is 24.2 Å². The van der Waals surface area contributed by atoms with Gasteiger partial charge in [-0.05, 0) is 12.8 Å². The number of hydrogen-bond acceptors (Lipinski definition) is 5. The van der Waals surface area contributed by atoms with Gasteiger partial charge in [-0.2, -0.15) is 0 Å². The van der Waals surface area contributed by atoms with Crippen molar-refractivity contribution in [1.29, 1.82) is 0 Å². The smallest absolute Gasteiger partial charge is 0.338 e. The van der Waals surface area contributed by atoms with E-state index in [4.69, 9.17) is 9.47 Å². The predicted octanol–water partition coefficient (Wildman–Crippen LogP) is 0.561. The molecule has 17 heavy (non-hydrogen) atoms. The minimum Gasteiger partial charge on any atom is -0.458 e. The highest BCUT2D eigenvalue weighted by molar-refractivity contribution is 5.82. The quantitative estimate of drug-likeness (QED) is 0.576. The van der Waals surface area contributed by atoms with Gasteiger partial charge in [0.25, 0.3) is 0 Å². The van der Waals surface area contributed by atoms with Crippen LogP contribution in [0.15, 0.2) is 12.7 Å². The van der Waals surface area contributed by atoms with E-state index < -0.39 is 29.7 Å². The van der Waals surface area contributed by atoms with Crippen LogP contribution in [0.4, 0.5) is 0 Å². The molecule has 0 spiro atoms. The van der Waals surface area contributed by atoms with E-state index in [1.807, 2.05) is 0 Å². The van der Waals surface area contributed by atoms with Crippen molar-refractivity contribution >= 4 is 11.9 Å². The lowest BCUT2D eigenvalue weighted by molar-refractivity contribution is -0.162. The molecule has 1 aliphatic heterocycles. The number of carbonyl (C=O) groups excluding carboxylic acids is 2. The van der Waals surface area contributed by atoms with Gasteiger partial charge in [0, 0.05) is 19.3 Å². The number of hydrogen-bond donors (Lipinski definition) is 1. The Morgan fingerprint density at radius 2 is 2.41 bits per heavy atom. The highest BCUT2D eigenvalue weighted by atomic mass is 16.6. The van der Waals surface area contributed by atoms with Crippen molar-refractivity contribution in [2.24, 2.45) is 5.92 Å². The Labute approximate surface area is 99.4 Å². The first kappa shape index (κ1) is 12.1. The molecule has 1 saturated carbocycles. The zero-order chi connectivity index (χ0) is 12.6. The van der Waals surface area contributed by atoms with E-state index in [1.54, 1.807) is 6.08 Å². The van der Waals surface area contributed by atoms with Gasteiger partial charge in [-0.25, -0.2) is 4.79 Å². The fourth-order valence-corrected chi connectivity index (χ4v) is 2.70. The topological polar surface area (TPSA) is 72.8 Å². The highest BCUT2D eigenvalue weighted by Crippen LogP contribution is 2.43. The van der Waals surface area contributed by atoms with E-state index in [2.05, 4.69) is 6.58 Å². The molecule has 0 aromatic rings. The number of allylic oxidation sites excluding steroid dienone is 1. The van der Waals surface area contributed by atoms with E-state index in [-0.39, 0.29) is 18.8 Å². The fourth-order valence-electron chi connectivity index (χ4n) is 2.70. The summed E-state index contributed by atoms with van der Waals surface area (Å²) in [5.74, 6) is -1.13. The number of esters is 2. The van der Waals surface area contributed by atoms with Gasteiger partial charge in [0.05, 0.1) is 0 Å². The number of aliphatic hydroxyl groups is 1. The molecule has 94 valence electrons. The monoisotopic (exact) mass is 240 g/mol. The SMILES string of the molecule is C=CC[C@H]1C[C@]2(O)C[C@@H](OC2=O)C1OC(C)=O. The third-order valence-electron chi connectivity index (χ3n) is 3.38. The Morgan fingerprint density at radius 1 is 1.71 bits per heavy atom. The molecule has 0 aromatic heterocycles. The maximum atomic E-state index is 11.5. The molecule has 0 aromatic carbocycles. The molecule has 0 amide bonds. The van der Waals surface area contributed by atoms with Crippen LogP contribution >= 0.6 is 0 Å². The number of rotatable bonds is 3. The van der Waals surface area contributed by atoms with Crippen molar-refractivity contribution in [3.8, 4) is 0 Å². The van der Waals surface area contributed by atoms with Crippen LogP contribution in [-0.2, 0) is 19.1 Å². The summed E-state index contributed by atoms with van der Waals surface area (Å²) < 4.78 is 10.3. The molecule has 1 saturated heterocycles. The lowest BCUT2D eigenvalue weighted by Gasteiger charge is -2.35. The molecule has 5 heteroatoms. The molecule has 2 aliphatic rings. The van der Waals surface area contributed by atoms with Gasteiger partial charge in [0.2, 0.25) is 0 Å². The molecule has 0 radical (unpaired) electrons. The van der Waals surface area contributed by atoms with Gasteiger partial charge in [-0.1, -0.05) is 6.08 Å². The Kier molecular flexibility index (Phi) is 2.95. The molecule has 1 N–H and O–H groups in total. The van der Waals surface area contributed by atoms with Crippen LogP contribution in [0.25, 0.3) is 0 Å². The summed E-state index contributed by atoms with van der Waals surface area (Å²) in [5.41, 5.74) is -1.41. The molecule has 2 bridgehead atoms. The summed E-state index contributed by atoms with van der Waals surface area (Å²) in [6, 6.07) is 0. The fraction of sp³-hybridized carbons (Fsp3) is 0.667. The summed E-state index contributed by atoms with van der Waals surface area (Å²) in [7, 11) is 0. The molecule has 2 rings (SSSR count). The molecular formula is C12H16O5. The average molecular weight is 240 g/mol. The van der Waals surface area contributed by atoms with Gasteiger partial charge in [0.15, 0.2) is 5.60 Å². The molecule has 1 heterocycles. The average Bonchev–Trinajstić information content (AvgIpc) is 2.46. The van der Waals surface area contributed by atoms with Crippen LogP contribution in [-0.4, -0.2) is 34.9 Å². The molecular weight excluding hydrogens is 224 g/mol. The Bertz CT molecular complexity index is 364. The van der Waals surface area contributed by atoms with Crippen molar-refractivity contribution in [3.05, 3.63) is 12.7 Å². The van der Waals surface area contributed by atoms with Gasteiger partial charge in [0.1, 0.15) is 12.2 Å². The third kappa shape index (κ3) is 2.07. The minimum absolute atomic E-state index is 0.119. The zero-order valence-corrected chi connectivity index (χ0v) is 9.72. The van der Waals surface area contributed by atoms with E-state index in [0.717, 1.165) is 0 Å². The van der Waals surface area contributed by atoms with Crippen molar-refractivity contribution in [2.45, 2.75) is 44.0 Å². The second kappa shape index (κ2) is 4.14. The largest absolute Gasteiger partial charge is 0.458 e. The first-order valence-electron chi connectivity index (χ1n) is 5.68. The van der Waals surface area contributed by atoms with E-state index in [0.29, 0.717) is 6.42 Å². The summed E-state index contributed by atoms with van der Waals surface area (Å²) in [6.07, 6.45) is 1.73. The maximum absolute atomic E-state index is 11.5. The highest BCUT2D eigenvalue weighted by Gasteiger charge is 2.58. The lowest BCUT2D eigenvalue weighted by Crippen LogP contribution is -2.47. The predicted molar refractivity (Wildman–Crippen MR) is 57.9 cm³/mol. The lowest BCUT2D eigenvalue weighted by atomic mass is 9.75. The van der Waals surface area contributed by atoms with Crippen molar-refractivity contribution in [2.75, 3.05) is 0 Å². The normalized spacial score (nSPS) is 39.6. The summed E-state index contributed by atoms with van der Waals surface area (Å²) in [6.45, 7) is 4.95. The summed E-state index contributed by atoms with van der Waals surface area (Å²) >= 11 is 0. The standard InChI is InChI=1S/C12H16O5/c1-3-4-8-5-12(15)6-9(17-11(12)14)10(8)16-7(2)13/h3,8-10,15H,1,4-6H2,2H3/t8-,9+,10?,12-/m0/s1. The van der Waals surface area contributed by atoms with E-state index >= 15 is 0 Å². The zero-order valence-electron chi connectivity index (χ0n) is 9.72. The number of fused-ring (bicyclic) bond motifs is 2. The minimum atomic E-state index is -1.41. The van der Waals surface area contributed by atoms with Crippen LogP contribution in [0.2, 0.25) is 0 Å². The second-order valence-corrected chi connectivity index (χ2v) is 4.74. The Balaban J connectivity index is 2.21. The number of carbonyl (C=O) groups is 2. The third-order valence-corrected chi connectivity index (χ3v) is 3.38. The maximum Gasteiger partial charge on any atom is 0.338 e. The van der Waals surface area contributed by atoms with E-state index in [9.17, 15) is 14.7 Å². The summed E-state index contributed by atoms with van der Waals surface area (Å²) in [4.78, 5) is 22.6. The Morgan fingerprint density at radius 3 is 3.00 bits per heavy atom. The van der Waals surface area contributed by atoms with E-state index in [1.165, 1.54) is 6.92 Å². The number of ether oxygens (including phenoxy) is 2. The molecule has 1 unspecified atom stereocenters. The first-order chi connectivity index (χ1) is 7.96. The van der Waals surface area contributed by atoms with Crippen LogP contribution < -0.4 is 0 Å². The van der Waals surface area contributed by atoms with Crippen molar-refractivity contribution in [1.82, 2.24) is 0 Å². The molecule has 2 fully saturated rings. The Hall–Kier alpha value is -1.36. The van der Waals surface area contributed by atoms with Gasteiger partial charge in [-0.15, -0.1) is 6.58 Å². The van der Waals surface area contributed by atoms with Gasteiger partial charge < -0.3 is 14.6 Å². The molecule has 1 aliphatic carbocycles. The summed E-state index contributed by atoms with van der Waals surface area (Å²) in [5, 5.41) is 10.1.